The fourth-order valence-corrected chi connectivity index (χ4v) is 6.42. The van der Waals surface area contributed by atoms with Crippen molar-refractivity contribution >= 4 is 48.4 Å². The molecule has 182 valence electrons. The maximum Gasteiger partial charge on any atom is 0.230 e. The molecule has 2 unspecified atom stereocenters. The van der Waals surface area contributed by atoms with Crippen LogP contribution in [0.1, 0.15) is 45.7 Å². The zero-order chi connectivity index (χ0) is 25.3. The summed E-state index contributed by atoms with van der Waals surface area (Å²) in [5, 5.41) is 0.0725. The summed E-state index contributed by atoms with van der Waals surface area (Å²) in [6.07, 6.45) is -0.180. The van der Waals surface area contributed by atoms with Crippen molar-refractivity contribution < 1.29 is 9.22 Å². The smallest absolute Gasteiger partial charge is 0.230 e. The summed E-state index contributed by atoms with van der Waals surface area (Å²) in [6, 6.07) is 20.0. The molecule has 0 radical (unpaired) electrons. The summed E-state index contributed by atoms with van der Waals surface area (Å²) in [6.45, 7) is 15.8. The molecule has 1 saturated heterocycles. The van der Waals surface area contributed by atoms with Crippen LogP contribution in [-0.2, 0) is 9.22 Å². The van der Waals surface area contributed by atoms with Crippen molar-refractivity contribution in [1.29, 1.82) is 0 Å². The molecule has 0 aromatic heterocycles. The molecule has 4 atom stereocenters. The van der Waals surface area contributed by atoms with Crippen LogP contribution in [0.2, 0.25) is 18.1 Å². The van der Waals surface area contributed by atoms with Gasteiger partial charge in [0, 0.05) is 15.6 Å². The lowest BCUT2D eigenvalue weighted by Gasteiger charge is -2.53. The van der Waals surface area contributed by atoms with E-state index in [1.807, 2.05) is 65.6 Å². The molecule has 1 fully saturated rings. The second-order valence-corrected chi connectivity index (χ2v) is 16.6. The van der Waals surface area contributed by atoms with Crippen molar-refractivity contribution in [3.8, 4) is 0 Å². The van der Waals surface area contributed by atoms with Crippen LogP contribution < -0.4 is 0 Å². The summed E-state index contributed by atoms with van der Waals surface area (Å²) in [7, 11) is -2.03. The highest BCUT2D eigenvalue weighted by atomic mass is 32.1. The normalized spacial score (nSPS) is 20.4. The fourth-order valence-electron chi connectivity index (χ4n) is 4.44. The quantitative estimate of drug-likeness (QED) is 0.162. The van der Waals surface area contributed by atoms with Gasteiger partial charge in [-0.2, -0.15) is 0 Å². The van der Waals surface area contributed by atoms with E-state index in [9.17, 15) is 4.79 Å². The van der Waals surface area contributed by atoms with Gasteiger partial charge in [-0.15, -0.1) is 0 Å². The number of likely N-dealkylation sites (tertiary alicyclic amines) is 1. The average molecular weight is 512 g/mol. The minimum absolute atomic E-state index is 0.00383. The molecule has 3 nitrogen and oxygen atoms in total. The molecular weight excluding hydrogens is 475 g/mol. The highest BCUT2D eigenvalue weighted by Gasteiger charge is 2.54. The zero-order valence-electron chi connectivity index (χ0n) is 21.4. The Kier molecular flexibility index (Phi) is 8.28. The average Bonchev–Trinajstić information content (AvgIpc) is 2.79. The van der Waals surface area contributed by atoms with E-state index in [1.165, 1.54) is 0 Å². The molecule has 0 saturated carbocycles. The molecule has 1 amide bonds. The second kappa shape index (κ2) is 10.5. The molecule has 3 rings (SSSR count). The van der Waals surface area contributed by atoms with Gasteiger partial charge in [-0.3, -0.25) is 4.79 Å². The number of carbonyl (C=O) groups is 1. The van der Waals surface area contributed by atoms with E-state index in [-0.39, 0.29) is 34.9 Å². The van der Waals surface area contributed by atoms with Gasteiger partial charge in [-0.05, 0) is 36.2 Å². The monoisotopic (exact) mass is 511 g/mol. The Morgan fingerprint density at radius 1 is 0.971 bits per heavy atom. The molecule has 2 aromatic rings. The number of rotatable bonds is 9. The number of nitrogens with zero attached hydrogens (tertiary/aromatic N) is 1. The third kappa shape index (κ3) is 5.56. The number of hydrogen-bond donors (Lipinski definition) is 0. The number of β-lactam (4-membered cyclic amide) rings is 1. The zero-order valence-corrected chi connectivity index (χ0v) is 24.0. The van der Waals surface area contributed by atoms with Crippen molar-refractivity contribution in [2.24, 2.45) is 11.8 Å². The van der Waals surface area contributed by atoms with E-state index < -0.39 is 8.32 Å². The van der Waals surface area contributed by atoms with Crippen molar-refractivity contribution in [3.05, 3.63) is 71.8 Å². The first-order valence-corrected chi connectivity index (χ1v) is 15.7. The predicted molar refractivity (Wildman–Crippen MR) is 152 cm³/mol. The molecule has 6 heteroatoms. The molecular formula is C28H37NO2S2Si. The van der Waals surface area contributed by atoms with Crippen LogP contribution in [0.25, 0.3) is 0 Å². The van der Waals surface area contributed by atoms with E-state index in [4.69, 9.17) is 28.9 Å². The Morgan fingerprint density at radius 2 is 1.47 bits per heavy atom. The molecule has 0 N–H and O–H groups in total. The van der Waals surface area contributed by atoms with Crippen LogP contribution in [0.5, 0.6) is 0 Å². The maximum absolute atomic E-state index is 13.5. The van der Waals surface area contributed by atoms with Crippen molar-refractivity contribution in [3.63, 3.8) is 0 Å². The first-order chi connectivity index (χ1) is 15.8. The molecule has 1 aliphatic rings. The van der Waals surface area contributed by atoms with Crippen molar-refractivity contribution in [2.45, 2.75) is 64.9 Å². The summed E-state index contributed by atoms with van der Waals surface area (Å²) in [5.41, 5.74) is 2.02. The van der Waals surface area contributed by atoms with Gasteiger partial charge in [0.15, 0.2) is 8.32 Å². The summed E-state index contributed by atoms with van der Waals surface area (Å²) in [4.78, 5) is 17.1. The Bertz CT molecular complexity index is 1030. The van der Waals surface area contributed by atoms with Gasteiger partial charge in [0.2, 0.25) is 5.91 Å². The third-order valence-corrected chi connectivity index (χ3v) is 13.0. The van der Waals surface area contributed by atoms with Gasteiger partial charge in [0.25, 0.3) is 0 Å². The molecule has 0 spiro atoms. The Labute approximate surface area is 217 Å². The van der Waals surface area contributed by atoms with Crippen LogP contribution in [0.4, 0.5) is 0 Å². The topological polar surface area (TPSA) is 29.5 Å². The van der Waals surface area contributed by atoms with E-state index >= 15 is 0 Å². The summed E-state index contributed by atoms with van der Waals surface area (Å²) < 4.78 is 6.70. The molecule has 1 aliphatic heterocycles. The van der Waals surface area contributed by atoms with Crippen LogP contribution in [0, 0.1) is 11.8 Å². The van der Waals surface area contributed by atoms with Crippen LogP contribution >= 0.6 is 24.4 Å². The number of thiocarbonyl (C=S) groups is 2. The molecule has 2 aromatic carbocycles. The Morgan fingerprint density at radius 3 is 1.97 bits per heavy atom. The lowest BCUT2D eigenvalue weighted by Crippen LogP contribution is -2.69. The largest absolute Gasteiger partial charge is 0.413 e. The number of benzene rings is 2. The van der Waals surface area contributed by atoms with E-state index in [2.05, 4.69) is 47.7 Å². The van der Waals surface area contributed by atoms with Gasteiger partial charge < -0.3 is 9.33 Å². The number of hydrogen-bond acceptors (Lipinski definition) is 4. The van der Waals surface area contributed by atoms with Crippen LogP contribution in [-0.4, -0.2) is 47.5 Å². The van der Waals surface area contributed by atoms with Gasteiger partial charge in [0.1, 0.15) is 0 Å². The highest BCUT2D eigenvalue weighted by molar-refractivity contribution is 7.81. The van der Waals surface area contributed by atoms with E-state index in [1.54, 1.807) is 0 Å². The maximum atomic E-state index is 13.5. The van der Waals surface area contributed by atoms with E-state index in [0.717, 1.165) is 20.9 Å². The van der Waals surface area contributed by atoms with Gasteiger partial charge in [-0.1, -0.05) is 113 Å². The summed E-state index contributed by atoms with van der Waals surface area (Å²) in [5.74, 6) is -0.120. The Balaban J connectivity index is 1.88. The first kappa shape index (κ1) is 26.9. The lowest BCUT2D eigenvalue weighted by molar-refractivity contribution is -0.163. The van der Waals surface area contributed by atoms with Gasteiger partial charge >= 0.3 is 0 Å². The third-order valence-electron chi connectivity index (χ3n) is 7.48. The number of amides is 1. The van der Waals surface area contributed by atoms with E-state index in [0.29, 0.717) is 6.54 Å². The summed E-state index contributed by atoms with van der Waals surface area (Å²) >= 11 is 11.7. The molecule has 34 heavy (non-hydrogen) atoms. The highest BCUT2D eigenvalue weighted by Crippen LogP contribution is 2.42. The first-order valence-electron chi connectivity index (χ1n) is 12.0. The molecule has 0 bridgehead atoms. The minimum Gasteiger partial charge on any atom is -0.413 e. The van der Waals surface area contributed by atoms with Gasteiger partial charge in [-0.25, -0.2) is 0 Å². The van der Waals surface area contributed by atoms with Gasteiger partial charge in [0.05, 0.1) is 24.6 Å². The minimum atomic E-state index is -2.03. The molecule has 0 aliphatic carbocycles. The van der Waals surface area contributed by atoms with Crippen LogP contribution in [0.15, 0.2) is 60.7 Å². The van der Waals surface area contributed by atoms with Crippen molar-refractivity contribution in [1.82, 2.24) is 4.90 Å². The molecule has 1 heterocycles. The van der Waals surface area contributed by atoms with Crippen molar-refractivity contribution in [2.75, 3.05) is 6.54 Å². The predicted octanol–water partition coefficient (Wildman–Crippen LogP) is 6.70. The second-order valence-electron chi connectivity index (χ2n) is 10.9. The van der Waals surface area contributed by atoms with Crippen LogP contribution in [0.3, 0.4) is 0 Å². The Hall–Kier alpha value is -1.73. The fraction of sp³-hybridized carbons (Fsp3) is 0.464. The number of carbonyl (C=O) groups excluding carboxylic acids is 1. The SMILES string of the molecule is C[C@H](C(=S)c1ccccc1)C1C([C@@H](C)O[Si](C)(C)C(C)(C)C)C(=O)N1CC(=S)c1ccccc1. The lowest BCUT2D eigenvalue weighted by atomic mass is 9.74. The standard InChI is InChI=1S/C28H37NO2S2Si/c1-19(26(33)22-16-12-9-13-17-22)25-24(20(2)31-34(6,7)28(3,4)5)27(30)29(25)18-23(32)21-14-10-8-11-15-21/h8-17,19-20,24-25H,18H2,1-7H3/t19-,20+,24?,25?/m0/s1.